The molecule has 0 aliphatic heterocycles. The minimum atomic E-state index is -1.06. The molecule has 0 unspecified atom stereocenters. The lowest BCUT2D eigenvalue weighted by molar-refractivity contribution is 0.0408. The van der Waals surface area contributed by atoms with E-state index in [0.717, 1.165) is 42.5 Å². The second kappa shape index (κ2) is 7.40. The first-order valence-corrected chi connectivity index (χ1v) is 10.6. The molecule has 0 bridgehead atoms. The van der Waals surface area contributed by atoms with E-state index >= 15 is 0 Å². The van der Waals surface area contributed by atoms with Crippen LogP contribution in [0.2, 0.25) is 0 Å². The van der Waals surface area contributed by atoms with Gasteiger partial charge >= 0.3 is 5.97 Å². The molecule has 2 aromatic heterocycles. The van der Waals surface area contributed by atoms with Crippen LogP contribution in [0.3, 0.4) is 0 Å². The molecular weight excluding hydrogens is 380 g/mol. The van der Waals surface area contributed by atoms with Crippen molar-refractivity contribution in [3.63, 3.8) is 0 Å². The number of carbonyl (C=O) groups is 1. The van der Waals surface area contributed by atoms with Gasteiger partial charge in [-0.2, -0.15) is 5.10 Å². The minimum absolute atomic E-state index is 0.0155. The van der Waals surface area contributed by atoms with E-state index in [9.17, 15) is 9.90 Å². The van der Waals surface area contributed by atoms with E-state index in [2.05, 4.69) is 24.0 Å². The Labute approximate surface area is 175 Å². The molecule has 5 rings (SSSR count). The van der Waals surface area contributed by atoms with Crippen LogP contribution in [0.5, 0.6) is 5.75 Å². The first-order chi connectivity index (χ1) is 14.5. The maximum atomic E-state index is 11.8. The van der Waals surface area contributed by atoms with Gasteiger partial charge in [0, 0.05) is 18.0 Å². The Bertz CT molecular complexity index is 1080. The standard InChI is InChI=1S/C23H26N4O3/c1-26(2)16-11-17(12-16)30-19-13-18(23(28)29)24-22-20(19)21(14-7-6-8-14)25-27(22)15-9-4-3-5-10-15/h3-5,9-10,13-14,16-17H,6-8,11-12H2,1-2H3,(H,28,29)/t16-,17+. The zero-order valence-corrected chi connectivity index (χ0v) is 17.3. The molecule has 7 heteroatoms. The molecular formula is C23H26N4O3. The van der Waals surface area contributed by atoms with E-state index in [-0.39, 0.29) is 11.8 Å². The highest BCUT2D eigenvalue weighted by atomic mass is 16.5. The van der Waals surface area contributed by atoms with Gasteiger partial charge in [-0.1, -0.05) is 24.6 Å². The lowest BCUT2D eigenvalue weighted by Crippen LogP contribution is -2.46. The Balaban J connectivity index is 1.64. The first-order valence-electron chi connectivity index (χ1n) is 10.6. The molecule has 0 radical (unpaired) electrons. The number of fused-ring (bicyclic) bond motifs is 1. The summed E-state index contributed by atoms with van der Waals surface area (Å²) in [6.07, 6.45) is 5.32. The molecule has 1 N–H and O–H groups in total. The number of aromatic nitrogens is 3. The van der Waals surface area contributed by atoms with Gasteiger partial charge < -0.3 is 14.7 Å². The number of pyridine rings is 1. The highest BCUT2D eigenvalue weighted by Gasteiger charge is 2.35. The smallest absolute Gasteiger partial charge is 0.354 e. The fourth-order valence-corrected chi connectivity index (χ4v) is 4.26. The highest BCUT2D eigenvalue weighted by molar-refractivity contribution is 5.94. The lowest BCUT2D eigenvalue weighted by atomic mass is 9.82. The zero-order valence-electron chi connectivity index (χ0n) is 17.3. The molecule has 2 aliphatic rings. The van der Waals surface area contributed by atoms with Crippen molar-refractivity contribution in [3.8, 4) is 11.4 Å². The van der Waals surface area contributed by atoms with Crippen molar-refractivity contribution in [1.29, 1.82) is 0 Å². The average molecular weight is 406 g/mol. The van der Waals surface area contributed by atoms with Gasteiger partial charge in [0.05, 0.1) is 16.8 Å². The number of para-hydroxylation sites is 1. The monoisotopic (exact) mass is 406 g/mol. The Morgan fingerprint density at radius 1 is 1.20 bits per heavy atom. The number of hydrogen-bond donors (Lipinski definition) is 1. The van der Waals surface area contributed by atoms with E-state index in [1.54, 1.807) is 10.7 Å². The van der Waals surface area contributed by atoms with E-state index in [4.69, 9.17) is 9.84 Å². The van der Waals surface area contributed by atoms with Crippen molar-refractivity contribution >= 4 is 17.0 Å². The van der Waals surface area contributed by atoms with Crippen LogP contribution in [0.4, 0.5) is 0 Å². The number of carboxylic acid groups (broad SMARTS) is 1. The number of hydrogen-bond acceptors (Lipinski definition) is 5. The largest absolute Gasteiger partial charge is 0.489 e. The third-order valence-electron chi connectivity index (χ3n) is 6.43. The summed E-state index contributed by atoms with van der Waals surface area (Å²) in [6.45, 7) is 0. The van der Waals surface area contributed by atoms with Crippen molar-refractivity contribution in [3.05, 3.63) is 47.8 Å². The molecule has 2 heterocycles. The molecule has 3 aromatic rings. The molecule has 7 nitrogen and oxygen atoms in total. The van der Waals surface area contributed by atoms with Crippen LogP contribution in [0.15, 0.2) is 36.4 Å². The second-order valence-corrected chi connectivity index (χ2v) is 8.60. The molecule has 2 saturated carbocycles. The van der Waals surface area contributed by atoms with Crippen molar-refractivity contribution in [2.75, 3.05) is 14.1 Å². The maximum absolute atomic E-state index is 11.8. The summed E-state index contributed by atoms with van der Waals surface area (Å²) in [6, 6.07) is 11.8. The van der Waals surface area contributed by atoms with E-state index in [1.165, 1.54) is 6.42 Å². The summed E-state index contributed by atoms with van der Waals surface area (Å²) in [7, 11) is 4.15. The van der Waals surface area contributed by atoms with Gasteiger partial charge in [-0.3, -0.25) is 0 Å². The molecule has 2 fully saturated rings. The zero-order chi connectivity index (χ0) is 20.8. The Morgan fingerprint density at radius 3 is 2.53 bits per heavy atom. The number of aromatic carboxylic acids is 1. The fourth-order valence-electron chi connectivity index (χ4n) is 4.26. The predicted molar refractivity (Wildman–Crippen MR) is 114 cm³/mol. The summed E-state index contributed by atoms with van der Waals surface area (Å²) in [4.78, 5) is 18.5. The minimum Gasteiger partial charge on any atom is -0.489 e. The Kier molecular flexibility index (Phi) is 4.70. The third-order valence-corrected chi connectivity index (χ3v) is 6.43. The number of rotatable bonds is 6. The summed E-state index contributed by atoms with van der Waals surface area (Å²) in [5.74, 6) is -0.0931. The topological polar surface area (TPSA) is 80.5 Å². The van der Waals surface area contributed by atoms with Crippen molar-refractivity contribution in [1.82, 2.24) is 19.7 Å². The molecule has 0 saturated heterocycles. The van der Waals surface area contributed by atoms with Crippen LogP contribution in [-0.4, -0.2) is 57.0 Å². The van der Waals surface area contributed by atoms with Crippen LogP contribution in [0.1, 0.15) is 54.2 Å². The van der Waals surface area contributed by atoms with Crippen LogP contribution in [-0.2, 0) is 0 Å². The van der Waals surface area contributed by atoms with E-state index in [1.807, 2.05) is 30.3 Å². The fraction of sp³-hybridized carbons (Fsp3) is 0.435. The van der Waals surface area contributed by atoms with Crippen molar-refractivity contribution in [2.24, 2.45) is 0 Å². The summed E-state index contributed by atoms with van der Waals surface area (Å²) < 4.78 is 8.13. The summed E-state index contributed by atoms with van der Waals surface area (Å²) in [5.41, 5.74) is 2.38. The molecule has 0 atom stereocenters. The molecule has 30 heavy (non-hydrogen) atoms. The molecule has 2 aliphatic carbocycles. The van der Waals surface area contributed by atoms with Crippen molar-refractivity contribution < 1.29 is 14.6 Å². The van der Waals surface area contributed by atoms with Crippen LogP contribution in [0, 0.1) is 0 Å². The molecule has 156 valence electrons. The normalized spacial score (nSPS) is 21.4. The Morgan fingerprint density at radius 2 is 1.93 bits per heavy atom. The quantitative estimate of drug-likeness (QED) is 0.670. The van der Waals surface area contributed by atoms with Gasteiger partial charge in [0.2, 0.25) is 0 Å². The van der Waals surface area contributed by atoms with E-state index in [0.29, 0.717) is 23.4 Å². The SMILES string of the molecule is CN(C)[C@H]1C[C@@H](Oc2cc(C(=O)O)nc3c2c(C2CCC2)nn3-c2ccccc2)C1. The second-order valence-electron chi connectivity index (χ2n) is 8.60. The van der Waals surface area contributed by atoms with Crippen LogP contribution >= 0.6 is 0 Å². The van der Waals surface area contributed by atoms with Gasteiger partial charge in [0.1, 0.15) is 11.9 Å². The predicted octanol–water partition coefficient (Wildman–Crippen LogP) is 3.86. The van der Waals surface area contributed by atoms with Crippen LogP contribution < -0.4 is 4.74 Å². The number of carboxylic acids is 1. The average Bonchev–Trinajstić information content (AvgIpc) is 3.02. The maximum Gasteiger partial charge on any atom is 0.354 e. The van der Waals surface area contributed by atoms with Gasteiger partial charge in [-0.15, -0.1) is 0 Å². The van der Waals surface area contributed by atoms with Crippen LogP contribution in [0.25, 0.3) is 16.7 Å². The third kappa shape index (κ3) is 3.23. The number of benzene rings is 1. The van der Waals surface area contributed by atoms with Gasteiger partial charge in [0.25, 0.3) is 0 Å². The summed E-state index contributed by atoms with van der Waals surface area (Å²) >= 11 is 0. The number of ether oxygens (including phenoxy) is 1. The first kappa shape index (κ1) is 19.1. The lowest BCUT2D eigenvalue weighted by Gasteiger charge is -2.39. The van der Waals surface area contributed by atoms with Gasteiger partial charge in [-0.25, -0.2) is 14.5 Å². The van der Waals surface area contributed by atoms with Gasteiger partial charge in [0.15, 0.2) is 11.3 Å². The molecule has 0 spiro atoms. The van der Waals surface area contributed by atoms with E-state index < -0.39 is 5.97 Å². The Hall–Kier alpha value is -2.93. The highest BCUT2D eigenvalue weighted by Crippen LogP contribution is 2.43. The van der Waals surface area contributed by atoms with Gasteiger partial charge in [-0.05, 0) is 51.9 Å². The molecule has 0 amide bonds. The summed E-state index contributed by atoms with van der Waals surface area (Å²) in [5, 5.41) is 15.4. The number of nitrogens with zero attached hydrogens (tertiary/aromatic N) is 4. The van der Waals surface area contributed by atoms with Crippen molar-refractivity contribution in [2.45, 2.75) is 50.2 Å². The molecule has 1 aromatic carbocycles.